The SMILES string of the molecule is C=C(C)/C(NC(=C)c1ccc(Oc2cc3c(cc2C)COC3(C)C)o1)=C(\N=C(C)OCCO)C(C)CC.CC.CC. The van der Waals surface area contributed by atoms with Gasteiger partial charge in [0.25, 0.3) is 5.95 Å². The number of allylic oxidation sites excluding steroid dienone is 2. The number of ether oxygens (including phenoxy) is 3. The van der Waals surface area contributed by atoms with Crippen LogP contribution < -0.4 is 10.1 Å². The lowest BCUT2D eigenvalue weighted by molar-refractivity contribution is -0.00795. The van der Waals surface area contributed by atoms with E-state index in [1.807, 2.05) is 53.7 Å². The molecule has 0 fully saturated rings. The van der Waals surface area contributed by atoms with E-state index in [0.29, 0.717) is 29.9 Å². The number of aryl methyl sites for hydroxylation is 1. The smallest absolute Gasteiger partial charge is 0.290 e. The molecule has 1 aromatic carbocycles. The van der Waals surface area contributed by atoms with E-state index in [0.717, 1.165) is 40.3 Å². The standard InChI is InChI=1S/C30H40N2O5.2C2H6/c1-10-19(4)29(32-22(7)34-14-13-33)28(18(2)3)31-21(6)25-11-12-27(36-25)37-26-16-24-23(15-20(26)5)17-35-30(24,8)9;2*1-2/h11-12,15-16,19,31,33H,2,6,10,13-14,17H2,1,3-5,7-9H3;2*1-2H3/b29-28+,32-22?;;. The second kappa shape index (κ2) is 16.8. The van der Waals surface area contributed by atoms with Crippen LogP contribution in [0.1, 0.15) is 98.1 Å². The van der Waals surface area contributed by atoms with E-state index in [9.17, 15) is 0 Å². The largest absolute Gasteiger partial charge is 0.478 e. The first-order chi connectivity index (χ1) is 19.5. The zero-order valence-electron chi connectivity index (χ0n) is 27.2. The summed E-state index contributed by atoms with van der Waals surface area (Å²) in [4.78, 5) is 4.70. The third-order valence-corrected chi connectivity index (χ3v) is 6.45. The van der Waals surface area contributed by atoms with Crippen LogP contribution in [-0.2, 0) is 21.7 Å². The highest BCUT2D eigenvalue weighted by Gasteiger charge is 2.32. The minimum Gasteiger partial charge on any atom is -0.478 e. The molecule has 41 heavy (non-hydrogen) atoms. The van der Waals surface area contributed by atoms with Crippen molar-refractivity contribution in [1.29, 1.82) is 0 Å². The summed E-state index contributed by atoms with van der Waals surface area (Å²) in [6.45, 7) is 31.1. The molecule has 0 amide bonds. The molecule has 1 aliphatic heterocycles. The van der Waals surface area contributed by atoms with Crippen LogP contribution in [0.15, 0.2) is 63.8 Å². The van der Waals surface area contributed by atoms with Gasteiger partial charge in [0.2, 0.25) is 0 Å². The van der Waals surface area contributed by atoms with Gasteiger partial charge in [0.15, 0.2) is 11.7 Å². The van der Waals surface area contributed by atoms with Crippen molar-refractivity contribution in [2.24, 2.45) is 10.9 Å². The zero-order valence-corrected chi connectivity index (χ0v) is 27.2. The van der Waals surface area contributed by atoms with E-state index >= 15 is 0 Å². The van der Waals surface area contributed by atoms with Gasteiger partial charge in [0, 0.05) is 18.9 Å². The lowest BCUT2D eigenvalue weighted by atomic mass is 9.94. The van der Waals surface area contributed by atoms with E-state index in [2.05, 4.69) is 52.2 Å². The normalized spacial score (nSPS) is 14.8. The van der Waals surface area contributed by atoms with Gasteiger partial charge in [-0.3, -0.25) is 0 Å². The van der Waals surface area contributed by atoms with Gasteiger partial charge in [0.1, 0.15) is 12.4 Å². The number of hydrogen-bond acceptors (Lipinski definition) is 7. The highest BCUT2D eigenvalue weighted by Crippen LogP contribution is 2.40. The molecule has 2 aromatic rings. The van der Waals surface area contributed by atoms with Gasteiger partial charge in [-0.25, -0.2) is 4.99 Å². The van der Waals surface area contributed by atoms with Crippen molar-refractivity contribution in [1.82, 2.24) is 5.32 Å². The third-order valence-electron chi connectivity index (χ3n) is 6.45. The van der Waals surface area contributed by atoms with Gasteiger partial charge in [-0.15, -0.1) is 0 Å². The molecular formula is C34H52N2O5. The predicted octanol–water partition coefficient (Wildman–Crippen LogP) is 9.02. The molecular weight excluding hydrogens is 516 g/mol. The van der Waals surface area contributed by atoms with Crippen LogP contribution in [0.2, 0.25) is 0 Å². The molecule has 1 atom stereocenters. The number of furan rings is 1. The molecule has 7 nitrogen and oxygen atoms in total. The number of aliphatic hydroxyl groups is 1. The number of nitrogens with zero attached hydrogens (tertiary/aromatic N) is 1. The number of benzene rings is 1. The number of aliphatic imine (C=N–C) groups is 1. The van der Waals surface area contributed by atoms with Gasteiger partial charge in [0.05, 0.1) is 35.9 Å². The minimum atomic E-state index is -0.351. The van der Waals surface area contributed by atoms with Crippen LogP contribution in [0.5, 0.6) is 11.7 Å². The third kappa shape index (κ3) is 9.65. The summed E-state index contributed by atoms with van der Waals surface area (Å²) in [5, 5.41) is 12.4. The molecule has 1 aliphatic rings. The summed E-state index contributed by atoms with van der Waals surface area (Å²) in [5.41, 5.74) is 5.88. The van der Waals surface area contributed by atoms with Crippen molar-refractivity contribution in [3.8, 4) is 11.7 Å². The van der Waals surface area contributed by atoms with Crippen molar-refractivity contribution >= 4 is 11.6 Å². The Bertz CT molecular complexity index is 1220. The molecule has 7 heteroatoms. The van der Waals surface area contributed by atoms with E-state index in [4.69, 9.17) is 28.7 Å². The minimum absolute atomic E-state index is 0.0724. The van der Waals surface area contributed by atoms with Crippen molar-refractivity contribution in [3.05, 3.63) is 76.8 Å². The summed E-state index contributed by atoms with van der Waals surface area (Å²) in [6.07, 6.45) is 0.873. The Labute approximate surface area is 248 Å². The zero-order chi connectivity index (χ0) is 31.3. The lowest BCUT2D eigenvalue weighted by Crippen LogP contribution is -2.17. The summed E-state index contributed by atoms with van der Waals surface area (Å²) >= 11 is 0. The molecule has 2 N–H and O–H groups in total. The maximum atomic E-state index is 9.06. The van der Waals surface area contributed by atoms with E-state index in [-0.39, 0.29) is 24.7 Å². The Morgan fingerprint density at radius 1 is 1.15 bits per heavy atom. The summed E-state index contributed by atoms with van der Waals surface area (Å²) in [7, 11) is 0. The van der Waals surface area contributed by atoms with Gasteiger partial charge < -0.3 is 29.1 Å². The van der Waals surface area contributed by atoms with Crippen molar-refractivity contribution in [2.75, 3.05) is 13.2 Å². The van der Waals surface area contributed by atoms with Gasteiger partial charge in [-0.05, 0) is 74.6 Å². The molecule has 0 radical (unpaired) electrons. The fourth-order valence-electron chi connectivity index (χ4n) is 4.12. The maximum Gasteiger partial charge on any atom is 0.290 e. The maximum absolute atomic E-state index is 9.06. The second-order valence-corrected chi connectivity index (χ2v) is 9.95. The van der Waals surface area contributed by atoms with Crippen LogP contribution in [0.3, 0.4) is 0 Å². The topological polar surface area (TPSA) is 85.5 Å². The van der Waals surface area contributed by atoms with E-state index < -0.39 is 0 Å². The number of rotatable bonds is 11. The Morgan fingerprint density at radius 3 is 2.39 bits per heavy atom. The molecule has 0 bridgehead atoms. The molecule has 0 spiro atoms. The van der Waals surface area contributed by atoms with E-state index in [1.54, 1.807) is 13.0 Å². The quantitative estimate of drug-likeness (QED) is 0.160. The van der Waals surface area contributed by atoms with Crippen LogP contribution in [0.25, 0.3) is 5.70 Å². The Hall–Kier alpha value is -3.29. The average Bonchev–Trinajstić information content (AvgIpc) is 3.55. The first-order valence-electron chi connectivity index (χ1n) is 14.7. The molecule has 0 aliphatic carbocycles. The Morgan fingerprint density at radius 2 is 1.80 bits per heavy atom. The summed E-state index contributed by atoms with van der Waals surface area (Å²) in [5.74, 6) is 2.24. The van der Waals surface area contributed by atoms with Gasteiger partial charge in [-0.1, -0.05) is 54.7 Å². The van der Waals surface area contributed by atoms with Crippen LogP contribution in [0.4, 0.5) is 0 Å². The molecule has 228 valence electrons. The number of nitrogens with one attached hydrogen (secondary N) is 1. The molecule has 1 unspecified atom stereocenters. The number of fused-ring (bicyclic) bond motifs is 1. The summed E-state index contributed by atoms with van der Waals surface area (Å²) < 4.78 is 23.5. The average molecular weight is 569 g/mol. The Kier molecular flexibility index (Phi) is 14.7. The second-order valence-electron chi connectivity index (χ2n) is 9.95. The van der Waals surface area contributed by atoms with Crippen LogP contribution >= 0.6 is 0 Å². The van der Waals surface area contributed by atoms with E-state index in [1.165, 1.54) is 5.56 Å². The van der Waals surface area contributed by atoms with Crippen molar-refractivity contribution in [2.45, 2.75) is 94.8 Å². The Balaban J connectivity index is 0.00000201. The lowest BCUT2D eigenvalue weighted by Gasteiger charge is -2.20. The monoisotopic (exact) mass is 568 g/mol. The van der Waals surface area contributed by atoms with Gasteiger partial charge in [-0.2, -0.15) is 0 Å². The molecule has 1 aromatic heterocycles. The predicted molar refractivity (Wildman–Crippen MR) is 170 cm³/mol. The molecule has 0 saturated heterocycles. The fourth-order valence-corrected chi connectivity index (χ4v) is 4.12. The number of hydrogen-bond donors (Lipinski definition) is 2. The summed E-state index contributed by atoms with van der Waals surface area (Å²) in [6, 6.07) is 7.74. The molecule has 0 saturated carbocycles. The molecule has 2 heterocycles. The fraction of sp³-hybridized carbons (Fsp3) is 0.500. The number of aliphatic hydroxyl groups excluding tert-OH is 1. The first kappa shape index (κ1) is 35.7. The van der Waals surface area contributed by atoms with Crippen LogP contribution in [-0.4, -0.2) is 24.2 Å². The van der Waals surface area contributed by atoms with Crippen molar-refractivity contribution < 1.29 is 23.7 Å². The van der Waals surface area contributed by atoms with Gasteiger partial charge >= 0.3 is 0 Å². The van der Waals surface area contributed by atoms with Crippen molar-refractivity contribution in [3.63, 3.8) is 0 Å². The highest BCUT2D eigenvalue weighted by molar-refractivity contribution is 5.75. The van der Waals surface area contributed by atoms with Crippen LogP contribution in [0, 0.1) is 12.8 Å². The first-order valence-corrected chi connectivity index (χ1v) is 14.7. The highest BCUT2D eigenvalue weighted by atomic mass is 16.6. The molecule has 3 rings (SSSR count).